The molecule has 0 radical (unpaired) electrons. The predicted molar refractivity (Wildman–Crippen MR) is 95.0 cm³/mol. The molecule has 10 heteroatoms. The number of ether oxygens (including phenoxy) is 2. The summed E-state index contributed by atoms with van der Waals surface area (Å²) < 4.78 is 48.3. The molecule has 1 unspecified atom stereocenters. The lowest BCUT2D eigenvalue weighted by molar-refractivity contribution is 0.0816. The summed E-state index contributed by atoms with van der Waals surface area (Å²) >= 11 is 0. The first-order valence-corrected chi connectivity index (χ1v) is 8.36. The summed E-state index contributed by atoms with van der Waals surface area (Å²) in [5.74, 6) is -0.899. The van der Waals surface area contributed by atoms with Crippen LogP contribution in [0.1, 0.15) is 28.5 Å². The van der Waals surface area contributed by atoms with Crippen molar-refractivity contribution in [1.29, 1.82) is 0 Å². The molecule has 28 heavy (non-hydrogen) atoms. The van der Waals surface area contributed by atoms with Crippen molar-refractivity contribution in [3.05, 3.63) is 53.6 Å². The van der Waals surface area contributed by atoms with Gasteiger partial charge in [-0.05, 0) is 30.3 Å². The molecular weight excluding hydrogens is 377 g/mol. The fraction of sp³-hybridized carbons (Fsp3) is 0.278. The fourth-order valence-electron chi connectivity index (χ4n) is 2.59. The molecule has 1 atom stereocenters. The minimum Gasteiger partial charge on any atom is -0.486 e. The van der Waals surface area contributed by atoms with Crippen LogP contribution in [0.25, 0.3) is 0 Å². The zero-order valence-electron chi connectivity index (χ0n) is 14.6. The number of pyridine rings is 1. The van der Waals surface area contributed by atoms with Crippen molar-refractivity contribution in [1.82, 2.24) is 4.98 Å². The van der Waals surface area contributed by atoms with Gasteiger partial charge in [0.25, 0.3) is 18.4 Å². The maximum Gasteiger partial charge on any atom is 0.282 e. The molecule has 7 nitrogen and oxygen atoms in total. The van der Waals surface area contributed by atoms with E-state index in [2.05, 4.69) is 15.3 Å². The van der Waals surface area contributed by atoms with E-state index in [1.54, 1.807) is 0 Å². The lowest BCUT2D eigenvalue weighted by Gasteiger charge is -2.20. The van der Waals surface area contributed by atoms with Crippen molar-refractivity contribution in [3.8, 4) is 5.75 Å². The Balaban J connectivity index is 1.70. The highest BCUT2D eigenvalue weighted by Gasteiger charge is 2.21. The van der Waals surface area contributed by atoms with E-state index in [0.717, 1.165) is 0 Å². The quantitative estimate of drug-likeness (QED) is 0.785. The molecule has 0 saturated carbocycles. The van der Waals surface area contributed by atoms with Gasteiger partial charge in [0.05, 0.1) is 18.8 Å². The number of alkyl halides is 2. The first-order chi connectivity index (χ1) is 13.4. The van der Waals surface area contributed by atoms with E-state index in [4.69, 9.17) is 15.2 Å². The average Bonchev–Trinajstić information content (AvgIpc) is 2.68. The number of nitrogens with two attached hydrogens (primary N) is 1. The van der Waals surface area contributed by atoms with Gasteiger partial charge in [-0.25, -0.2) is 23.1 Å². The topological polar surface area (TPSA) is 98.8 Å². The largest absolute Gasteiger partial charge is 0.486 e. The van der Waals surface area contributed by atoms with E-state index in [1.165, 1.54) is 36.5 Å². The summed E-state index contributed by atoms with van der Waals surface area (Å²) in [6.07, 6.45) is -0.977. The highest BCUT2D eigenvalue weighted by atomic mass is 19.3. The van der Waals surface area contributed by atoms with Crippen LogP contribution in [0.4, 0.5) is 18.9 Å². The zero-order valence-corrected chi connectivity index (χ0v) is 14.6. The van der Waals surface area contributed by atoms with Gasteiger partial charge in [0, 0.05) is 17.7 Å². The minimum atomic E-state index is -2.61. The van der Waals surface area contributed by atoms with E-state index >= 15 is 0 Å². The van der Waals surface area contributed by atoms with Gasteiger partial charge < -0.3 is 20.5 Å². The number of carbonyl (C=O) groups is 1. The molecule has 2 heterocycles. The molecule has 1 aromatic carbocycles. The number of hydrogen-bond donors (Lipinski definition) is 2. The summed E-state index contributed by atoms with van der Waals surface area (Å²) in [5.41, 5.74) is 6.21. The standard InChI is InChI=1S/C18H17F3N4O3/c19-13-3-1-10(7-12(13)14-5-6-27-18(22)25-14)24-17(26)15-4-2-11(8-23-15)28-9-16(20)21/h1-4,7-8,14,16H,5-6,9H2,(H2,22,25)(H,24,26). The minimum absolute atomic E-state index is 0.0107. The summed E-state index contributed by atoms with van der Waals surface area (Å²) in [6, 6.07) is 6.28. The molecule has 0 aliphatic carbocycles. The maximum absolute atomic E-state index is 14.2. The van der Waals surface area contributed by atoms with Crippen LogP contribution in [-0.4, -0.2) is 36.6 Å². The third kappa shape index (κ3) is 4.90. The summed E-state index contributed by atoms with van der Waals surface area (Å²) in [6.45, 7) is -0.440. The van der Waals surface area contributed by atoms with E-state index in [-0.39, 0.29) is 23.0 Å². The number of rotatable bonds is 6. The SMILES string of the molecule is NC1=NC(c2cc(NC(=O)c3ccc(OCC(F)F)cn3)ccc2F)CCO1. The normalized spacial score (nSPS) is 16.3. The van der Waals surface area contributed by atoms with Crippen LogP contribution in [-0.2, 0) is 4.74 Å². The molecule has 0 fully saturated rings. The van der Waals surface area contributed by atoms with Crippen molar-refractivity contribution in [2.45, 2.75) is 18.9 Å². The Hall–Kier alpha value is -3.30. The number of amides is 1. The van der Waals surface area contributed by atoms with Crippen molar-refractivity contribution < 1.29 is 27.4 Å². The van der Waals surface area contributed by atoms with Crippen LogP contribution < -0.4 is 15.8 Å². The highest BCUT2D eigenvalue weighted by Crippen LogP contribution is 2.29. The molecule has 0 saturated heterocycles. The molecule has 3 N–H and O–H groups in total. The molecule has 1 amide bonds. The van der Waals surface area contributed by atoms with Gasteiger partial charge in [-0.1, -0.05) is 0 Å². The molecule has 0 bridgehead atoms. The maximum atomic E-state index is 14.2. The number of aliphatic imine (C=N–C) groups is 1. The molecule has 2 aromatic rings. The summed E-state index contributed by atoms with van der Waals surface area (Å²) in [4.78, 5) is 20.3. The Bertz CT molecular complexity index is 875. The molecule has 1 aliphatic rings. The number of carbonyl (C=O) groups excluding carboxylic acids is 1. The van der Waals surface area contributed by atoms with E-state index in [1.807, 2.05) is 0 Å². The van der Waals surface area contributed by atoms with Crippen LogP contribution in [0.2, 0.25) is 0 Å². The number of hydrogen-bond acceptors (Lipinski definition) is 6. The first-order valence-electron chi connectivity index (χ1n) is 8.36. The van der Waals surface area contributed by atoms with E-state index in [0.29, 0.717) is 18.7 Å². The van der Waals surface area contributed by atoms with E-state index < -0.39 is 30.8 Å². The number of anilines is 1. The Labute approximate surface area is 158 Å². The third-order valence-electron chi connectivity index (χ3n) is 3.88. The molecule has 1 aliphatic heterocycles. The lowest BCUT2D eigenvalue weighted by atomic mass is 10.0. The van der Waals surface area contributed by atoms with Gasteiger partial charge >= 0.3 is 0 Å². The van der Waals surface area contributed by atoms with Crippen LogP contribution in [0.15, 0.2) is 41.5 Å². The summed E-state index contributed by atoms with van der Waals surface area (Å²) in [5, 5.41) is 2.61. The number of benzene rings is 1. The Morgan fingerprint density at radius 1 is 1.36 bits per heavy atom. The first kappa shape index (κ1) is 19.5. The number of nitrogens with zero attached hydrogens (tertiary/aromatic N) is 2. The summed E-state index contributed by atoms with van der Waals surface area (Å²) in [7, 11) is 0. The number of halogens is 3. The monoisotopic (exact) mass is 394 g/mol. The third-order valence-corrected chi connectivity index (χ3v) is 3.88. The second-order valence-corrected chi connectivity index (χ2v) is 5.89. The fourth-order valence-corrected chi connectivity index (χ4v) is 2.59. The molecular formula is C18H17F3N4O3. The van der Waals surface area contributed by atoms with Gasteiger partial charge in [0.2, 0.25) is 0 Å². The lowest BCUT2D eigenvalue weighted by Crippen LogP contribution is -2.24. The highest BCUT2D eigenvalue weighted by molar-refractivity contribution is 6.02. The second-order valence-electron chi connectivity index (χ2n) is 5.89. The van der Waals surface area contributed by atoms with Crippen molar-refractivity contribution in [3.63, 3.8) is 0 Å². The van der Waals surface area contributed by atoms with Gasteiger partial charge in [-0.3, -0.25) is 4.79 Å². The molecule has 3 rings (SSSR count). The van der Waals surface area contributed by atoms with Crippen molar-refractivity contribution >= 4 is 17.6 Å². The van der Waals surface area contributed by atoms with E-state index in [9.17, 15) is 18.0 Å². The molecule has 0 spiro atoms. The smallest absolute Gasteiger partial charge is 0.282 e. The van der Waals surface area contributed by atoms with Crippen LogP contribution >= 0.6 is 0 Å². The van der Waals surface area contributed by atoms with Crippen molar-refractivity contribution in [2.75, 3.05) is 18.5 Å². The predicted octanol–water partition coefficient (Wildman–Crippen LogP) is 2.89. The van der Waals surface area contributed by atoms with Gasteiger partial charge in [0.15, 0.2) is 0 Å². The number of amidine groups is 1. The Morgan fingerprint density at radius 2 is 2.18 bits per heavy atom. The average molecular weight is 394 g/mol. The second kappa shape index (κ2) is 8.59. The van der Waals surface area contributed by atoms with Crippen LogP contribution in [0, 0.1) is 5.82 Å². The zero-order chi connectivity index (χ0) is 20.1. The Morgan fingerprint density at radius 3 is 2.86 bits per heavy atom. The van der Waals surface area contributed by atoms with Crippen LogP contribution in [0.3, 0.4) is 0 Å². The number of nitrogens with one attached hydrogen (secondary N) is 1. The van der Waals surface area contributed by atoms with Gasteiger partial charge in [-0.15, -0.1) is 0 Å². The molecule has 148 valence electrons. The van der Waals surface area contributed by atoms with Crippen molar-refractivity contribution in [2.24, 2.45) is 10.7 Å². The Kier molecular flexibility index (Phi) is 5.97. The van der Waals surface area contributed by atoms with Gasteiger partial charge in [-0.2, -0.15) is 0 Å². The van der Waals surface area contributed by atoms with Gasteiger partial charge in [0.1, 0.15) is 23.9 Å². The molecule has 1 aromatic heterocycles. The van der Waals surface area contributed by atoms with Crippen LogP contribution in [0.5, 0.6) is 5.75 Å². The number of aromatic nitrogens is 1.